The summed E-state index contributed by atoms with van der Waals surface area (Å²) in [6, 6.07) is 0. The number of aliphatic hydroxyl groups excluding tert-OH is 1. The van der Waals surface area contributed by atoms with Gasteiger partial charge in [0.15, 0.2) is 0 Å². The molecular formula is C17H32N2O2. The van der Waals surface area contributed by atoms with Crippen molar-refractivity contribution in [1.29, 1.82) is 0 Å². The Balaban J connectivity index is 1.55. The molecule has 0 spiro atoms. The van der Waals surface area contributed by atoms with E-state index in [1.807, 2.05) is 7.05 Å². The van der Waals surface area contributed by atoms with Crippen molar-refractivity contribution in [2.75, 3.05) is 26.7 Å². The summed E-state index contributed by atoms with van der Waals surface area (Å²) in [4.78, 5) is 14.0. The summed E-state index contributed by atoms with van der Waals surface area (Å²) in [6.07, 6.45) is 10.9. The number of hydrogen-bond acceptors (Lipinski definition) is 3. The highest BCUT2D eigenvalue weighted by Gasteiger charge is 2.26. The van der Waals surface area contributed by atoms with Crippen molar-refractivity contribution in [2.24, 2.45) is 11.8 Å². The lowest BCUT2D eigenvalue weighted by Gasteiger charge is -2.23. The second-order valence-corrected chi connectivity index (χ2v) is 7.10. The van der Waals surface area contributed by atoms with E-state index in [2.05, 4.69) is 10.2 Å². The zero-order valence-corrected chi connectivity index (χ0v) is 13.5. The quantitative estimate of drug-likeness (QED) is 0.757. The van der Waals surface area contributed by atoms with Crippen molar-refractivity contribution in [1.82, 2.24) is 10.2 Å². The molecule has 0 aromatic carbocycles. The Bertz CT molecular complexity index is 316. The Morgan fingerprint density at radius 2 is 1.90 bits per heavy atom. The fourth-order valence-electron chi connectivity index (χ4n) is 3.89. The summed E-state index contributed by atoms with van der Waals surface area (Å²) in [7, 11) is 1.98. The predicted octanol–water partition coefficient (Wildman–Crippen LogP) is 2.17. The molecular weight excluding hydrogens is 264 g/mol. The van der Waals surface area contributed by atoms with Gasteiger partial charge in [0.25, 0.3) is 0 Å². The number of amides is 1. The Hall–Kier alpha value is -0.610. The van der Waals surface area contributed by atoms with Crippen LogP contribution in [0.2, 0.25) is 0 Å². The van der Waals surface area contributed by atoms with Gasteiger partial charge in [0.05, 0.1) is 12.6 Å². The van der Waals surface area contributed by atoms with E-state index in [9.17, 15) is 9.90 Å². The third kappa shape index (κ3) is 5.95. The number of nitrogens with zero attached hydrogens (tertiary/aromatic N) is 1. The first kappa shape index (κ1) is 16.8. The standard InChI is InChI=1S/C17H32N2O2/c1-19(12-15-8-5-9-16(15)20)13-17(21)18-11-10-14-6-3-2-4-7-14/h14-16,20H,2-13H2,1H3,(H,18,21). The average molecular weight is 296 g/mol. The van der Waals surface area contributed by atoms with Crippen molar-refractivity contribution in [3.05, 3.63) is 0 Å². The van der Waals surface area contributed by atoms with Gasteiger partial charge >= 0.3 is 0 Å². The first-order valence-corrected chi connectivity index (χ1v) is 8.78. The number of hydrogen-bond donors (Lipinski definition) is 2. The lowest BCUT2D eigenvalue weighted by molar-refractivity contribution is -0.122. The molecule has 0 aromatic rings. The highest BCUT2D eigenvalue weighted by molar-refractivity contribution is 5.77. The molecule has 2 saturated carbocycles. The molecule has 0 radical (unpaired) electrons. The van der Waals surface area contributed by atoms with Crippen LogP contribution in [0.15, 0.2) is 0 Å². The SMILES string of the molecule is CN(CC(=O)NCCC1CCCCC1)CC1CCCC1O. The molecule has 2 rings (SSSR count). The monoisotopic (exact) mass is 296 g/mol. The molecule has 2 aliphatic carbocycles. The van der Waals surface area contributed by atoms with Gasteiger partial charge in [0.1, 0.15) is 0 Å². The minimum absolute atomic E-state index is 0.126. The second kappa shape index (κ2) is 8.74. The van der Waals surface area contributed by atoms with Crippen LogP contribution in [0.25, 0.3) is 0 Å². The van der Waals surface area contributed by atoms with E-state index in [4.69, 9.17) is 0 Å². The maximum absolute atomic E-state index is 11.9. The van der Waals surface area contributed by atoms with Crippen LogP contribution in [-0.4, -0.2) is 48.7 Å². The van der Waals surface area contributed by atoms with E-state index in [1.165, 1.54) is 32.1 Å². The fraction of sp³-hybridized carbons (Fsp3) is 0.941. The topological polar surface area (TPSA) is 52.6 Å². The fourth-order valence-corrected chi connectivity index (χ4v) is 3.89. The van der Waals surface area contributed by atoms with E-state index in [-0.39, 0.29) is 12.0 Å². The minimum atomic E-state index is -0.165. The smallest absolute Gasteiger partial charge is 0.234 e. The zero-order valence-electron chi connectivity index (χ0n) is 13.5. The van der Waals surface area contributed by atoms with Gasteiger partial charge in [0, 0.05) is 13.1 Å². The third-order valence-corrected chi connectivity index (χ3v) is 5.18. The molecule has 0 aliphatic heterocycles. The van der Waals surface area contributed by atoms with Crippen LogP contribution >= 0.6 is 0 Å². The first-order valence-electron chi connectivity index (χ1n) is 8.78. The molecule has 4 heteroatoms. The number of aliphatic hydroxyl groups is 1. The second-order valence-electron chi connectivity index (χ2n) is 7.10. The van der Waals surface area contributed by atoms with Crippen LogP contribution in [0, 0.1) is 11.8 Å². The number of carbonyl (C=O) groups excluding carboxylic acids is 1. The van der Waals surface area contributed by atoms with Gasteiger partial charge in [-0.05, 0) is 38.1 Å². The van der Waals surface area contributed by atoms with Crippen molar-refractivity contribution in [2.45, 2.75) is 63.9 Å². The summed E-state index contributed by atoms with van der Waals surface area (Å²) in [5.74, 6) is 1.30. The predicted molar refractivity (Wildman–Crippen MR) is 85.0 cm³/mol. The molecule has 2 N–H and O–H groups in total. The molecule has 122 valence electrons. The van der Waals surface area contributed by atoms with Crippen LogP contribution < -0.4 is 5.32 Å². The van der Waals surface area contributed by atoms with E-state index in [0.717, 1.165) is 44.7 Å². The van der Waals surface area contributed by atoms with Crippen molar-refractivity contribution in [3.8, 4) is 0 Å². The van der Waals surface area contributed by atoms with Gasteiger partial charge < -0.3 is 10.4 Å². The lowest BCUT2D eigenvalue weighted by atomic mass is 9.87. The normalized spacial score (nSPS) is 27.2. The maximum atomic E-state index is 11.9. The van der Waals surface area contributed by atoms with E-state index in [1.54, 1.807) is 0 Å². The summed E-state index contributed by atoms with van der Waals surface area (Å²) in [5, 5.41) is 12.9. The largest absolute Gasteiger partial charge is 0.393 e. The minimum Gasteiger partial charge on any atom is -0.393 e. The van der Waals surface area contributed by atoms with Gasteiger partial charge in [-0.25, -0.2) is 0 Å². The number of nitrogens with one attached hydrogen (secondary N) is 1. The molecule has 1 amide bonds. The highest BCUT2D eigenvalue weighted by atomic mass is 16.3. The van der Waals surface area contributed by atoms with E-state index < -0.39 is 0 Å². The summed E-state index contributed by atoms with van der Waals surface area (Å²) in [6.45, 7) is 2.11. The van der Waals surface area contributed by atoms with Crippen LogP contribution in [0.4, 0.5) is 0 Å². The van der Waals surface area contributed by atoms with Crippen LogP contribution in [-0.2, 0) is 4.79 Å². The van der Waals surface area contributed by atoms with Crippen LogP contribution in [0.1, 0.15) is 57.8 Å². The molecule has 2 fully saturated rings. The summed E-state index contributed by atoms with van der Waals surface area (Å²) >= 11 is 0. The van der Waals surface area contributed by atoms with Crippen molar-refractivity contribution >= 4 is 5.91 Å². The molecule has 0 heterocycles. The Morgan fingerprint density at radius 3 is 2.57 bits per heavy atom. The van der Waals surface area contributed by atoms with E-state index in [0.29, 0.717) is 12.5 Å². The van der Waals surface area contributed by atoms with Gasteiger partial charge in [-0.3, -0.25) is 9.69 Å². The number of rotatable bonds is 7. The first-order chi connectivity index (χ1) is 10.1. The third-order valence-electron chi connectivity index (χ3n) is 5.18. The molecule has 0 bridgehead atoms. The van der Waals surface area contributed by atoms with Gasteiger partial charge in [-0.2, -0.15) is 0 Å². The van der Waals surface area contributed by atoms with Crippen LogP contribution in [0.3, 0.4) is 0 Å². The molecule has 2 unspecified atom stereocenters. The molecule has 4 nitrogen and oxygen atoms in total. The van der Waals surface area contributed by atoms with Gasteiger partial charge in [0.2, 0.25) is 5.91 Å². The molecule has 21 heavy (non-hydrogen) atoms. The van der Waals surface area contributed by atoms with Crippen molar-refractivity contribution < 1.29 is 9.90 Å². The van der Waals surface area contributed by atoms with Gasteiger partial charge in [-0.1, -0.05) is 38.5 Å². The summed E-state index contributed by atoms with van der Waals surface area (Å²) < 4.78 is 0. The van der Waals surface area contributed by atoms with E-state index >= 15 is 0 Å². The van der Waals surface area contributed by atoms with Crippen molar-refractivity contribution in [3.63, 3.8) is 0 Å². The maximum Gasteiger partial charge on any atom is 0.234 e. The summed E-state index contributed by atoms with van der Waals surface area (Å²) in [5.41, 5.74) is 0. The van der Waals surface area contributed by atoms with Crippen LogP contribution in [0.5, 0.6) is 0 Å². The average Bonchev–Trinajstić information content (AvgIpc) is 2.85. The Kier molecular flexibility index (Phi) is 6.97. The lowest BCUT2D eigenvalue weighted by Crippen LogP contribution is -2.39. The number of carbonyl (C=O) groups is 1. The molecule has 2 atom stereocenters. The zero-order chi connectivity index (χ0) is 15.1. The Morgan fingerprint density at radius 1 is 1.14 bits per heavy atom. The highest BCUT2D eigenvalue weighted by Crippen LogP contribution is 2.26. The van der Waals surface area contributed by atoms with Gasteiger partial charge in [-0.15, -0.1) is 0 Å². The Labute approximate surface area is 129 Å². The molecule has 0 saturated heterocycles. The molecule has 2 aliphatic rings. The molecule has 0 aromatic heterocycles. The number of likely N-dealkylation sites (N-methyl/N-ethyl adjacent to an activating group) is 1.